The van der Waals surface area contributed by atoms with E-state index < -0.39 is 22.2 Å². The lowest BCUT2D eigenvalue weighted by molar-refractivity contribution is -0.387. The molecule has 1 aromatic rings. The Balaban J connectivity index is 2.15. The third-order valence-electron chi connectivity index (χ3n) is 3.24. The van der Waals surface area contributed by atoms with E-state index in [1.165, 1.54) is 0 Å². The van der Waals surface area contributed by atoms with Gasteiger partial charge in [0.1, 0.15) is 5.82 Å². The zero-order chi connectivity index (χ0) is 14.0. The SMILES string of the molecule is CC1(NCc2cc([N+](=O)[O-])c(F)cc2F)CCOC1. The third-order valence-corrected chi connectivity index (χ3v) is 3.24. The number of benzene rings is 1. The number of nitro groups is 1. The first kappa shape index (κ1) is 13.8. The van der Waals surface area contributed by atoms with Gasteiger partial charge in [-0.1, -0.05) is 0 Å². The molecule has 1 fully saturated rings. The molecule has 0 saturated carbocycles. The summed E-state index contributed by atoms with van der Waals surface area (Å²) in [6.45, 7) is 3.14. The van der Waals surface area contributed by atoms with E-state index in [0.29, 0.717) is 19.3 Å². The molecule has 1 saturated heterocycles. The molecule has 2 rings (SSSR count). The standard InChI is InChI=1S/C12H14F2N2O3/c1-12(2-3-19-7-12)15-6-8-4-11(16(17)18)10(14)5-9(8)13/h4-5,15H,2-3,6-7H2,1H3. The molecule has 1 aromatic carbocycles. The van der Waals surface area contributed by atoms with Crippen LogP contribution in [-0.4, -0.2) is 23.7 Å². The number of nitro benzene ring substituents is 1. The van der Waals surface area contributed by atoms with Crippen LogP contribution in [0.5, 0.6) is 0 Å². The molecule has 5 nitrogen and oxygen atoms in total. The number of rotatable bonds is 4. The van der Waals surface area contributed by atoms with Crippen molar-refractivity contribution < 1.29 is 18.4 Å². The van der Waals surface area contributed by atoms with E-state index in [0.717, 1.165) is 12.5 Å². The Morgan fingerprint density at radius 3 is 2.79 bits per heavy atom. The Bertz CT molecular complexity index is 502. The van der Waals surface area contributed by atoms with Gasteiger partial charge in [-0.15, -0.1) is 0 Å². The molecule has 1 heterocycles. The van der Waals surface area contributed by atoms with Crippen LogP contribution in [0.2, 0.25) is 0 Å². The minimum Gasteiger partial charge on any atom is -0.379 e. The molecule has 0 radical (unpaired) electrons. The van der Waals surface area contributed by atoms with Crippen molar-refractivity contribution in [2.24, 2.45) is 0 Å². The Morgan fingerprint density at radius 2 is 2.21 bits per heavy atom. The van der Waals surface area contributed by atoms with Crippen molar-refractivity contribution in [3.05, 3.63) is 39.4 Å². The van der Waals surface area contributed by atoms with Crippen molar-refractivity contribution >= 4 is 5.69 Å². The Labute approximate surface area is 108 Å². The number of ether oxygens (including phenoxy) is 1. The van der Waals surface area contributed by atoms with Crippen molar-refractivity contribution in [3.63, 3.8) is 0 Å². The summed E-state index contributed by atoms with van der Waals surface area (Å²) < 4.78 is 32.0. The molecule has 0 bridgehead atoms. The second-order valence-corrected chi connectivity index (χ2v) is 4.87. The van der Waals surface area contributed by atoms with Crippen LogP contribution in [0.15, 0.2) is 12.1 Å². The fraction of sp³-hybridized carbons (Fsp3) is 0.500. The summed E-state index contributed by atoms with van der Waals surface area (Å²) in [5, 5.41) is 13.7. The number of hydrogen-bond acceptors (Lipinski definition) is 4. The highest BCUT2D eigenvalue weighted by Crippen LogP contribution is 2.23. The van der Waals surface area contributed by atoms with Gasteiger partial charge in [-0.25, -0.2) is 4.39 Å². The molecule has 0 spiro atoms. The normalized spacial score (nSPS) is 22.7. The van der Waals surface area contributed by atoms with Crippen LogP contribution in [0, 0.1) is 21.7 Å². The summed E-state index contributed by atoms with van der Waals surface area (Å²) in [6.07, 6.45) is 0.776. The highest BCUT2D eigenvalue weighted by molar-refractivity contribution is 5.37. The largest absolute Gasteiger partial charge is 0.379 e. The predicted molar refractivity (Wildman–Crippen MR) is 63.7 cm³/mol. The van der Waals surface area contributed by atoms with E-state index in [1.54, 1.807) is 0 Å². The molecule has 1 N–H and O–H groups in total. The summed E-state index contributed by atoms with van der Waals surface area (Å²) in [5.41, 5.74) is -0.928. The molecule has 19 heavy (non-hydrogen) atoms. The quantitative estimate of drug-likeness (QED) is 0.673. The van der Waals surface area contributed by atoms with Crippen molar-refractivity contribution in [3.8, 4) is 0 Å². The topological polar surface area (TPSA) is 64.4 Å². The highest BCUT2D eigenvalue weighted by Gasteiger charge is 2.29. The second-order valence-electron chi connectivity index (χ2n) is 4.87. The van der Waals surface area contributed by atoms with E-state index in [2.05, 4.69) is 5.32 Å². The van der Waals surface area contributed by atoms with E-state index in [1.807, 2.05) is 6.92 Å². The lowest BCUT2D eigenvalue weighted by Gasteiger charge is -2.23. The van der Waals surface area contributed by atoms with Crippen LogP contribution in [0.4, 0.5) is 14.5 Å². The summed E-state index contributed by atoms with van der Waals surface area (Å²) in [7, 11) is 0. The molecule has 1 atom stereocenters. The van der Waals surface area contributed by atoms with Gasteiger partial charge < -0.3 is 10.1 Å². The monoisotopic (exact) mass is 272 g/mol. The zero-order valence-electron chi connectivity index (χ0n) is 10.4. The van der Waals surface area contributed by atoms with Gasteiger partial charge in [0, 0.05) is 36.4 Å². The fourth-order valence-corrected chi connectivity index (χ4v) is 1.97. The van der Waals surface area contributed by atoms with E-state index in [-0.39, 0.29) is 17.6 Å². The first-order valence-corrected chi connectivity index (χ1v) is 5.86. The zero-order valence-corrected chi connectivity index (χ0v) is 10.4. The van der Waals surface area contributed by atoms with Gasteiger partial charge in [-0.05, 0) is 13.3 Å². The molecular weight excluding hydrogens is 258 g/mol. The first-order chi connectivity index (χ1) is 8.91. The van der Waals surface area contributed by atoms with Crippen LogP contribution >= 0.6 is 0 Å². The first-order valence-electron chi connectivity index (χ1n) is 5.86. The van der Waals surface area contributed by atoms with Crippen molar-refractivity contribution in [1.29, 1.82) is 0 Å². The van der Waals surface area contributed by atoms with Crippen LogP contribution < -0.4 is 5.32 Å². The average molecular weight is 272 g/mol. The minimum absolute atomic E-state index is 0.0706. The molecule has 0 amide bonds. The van der Waals surface area contributed by atoms with E-state index >= 15 is 0 Å². The highest BCUT2D eigenvalue weighted by atomic mass is 19.1. The van der Waals surface area contributed by atoms with Crippen molar-refractivity contribution in [2.45, 2.75) is 25.4 Å². The van der Waals surface area contributed by atoms with E-state index in [9.17, 15) is 18.9 Å². The van der Waals surface area contributed by atoms with Gasteiger partial charge in [-0.3, -0.25) is 10.1 Å². The molecule has 1 unspecified atom stereocenters. The second kappa shape index (κ2) is 5.18. The molecule has 1 aliphatic heterocycles. The maximum atomic E-state index is 13.6. The summed E-state index contributed by atoms with van der Waals surface area (Å²) in [6, 6.07) is 1.47. The maximum Gasteiger partial charge on any atom is 0.305 e. The maximum absolute atomic E-state index is 13.6. The van der Waals surface area contributed by atoms with Crippen molar-refractivity contribution in [2.75, 3.05) is 13.2 Å². The van der Waals surface area contributed by atoms with Crippen LogP contribution in [-0.2, 0) is 11.3 Å². The lowest BCUT2D eigenvalue weighted by Crippen LogP contribution is -2.42. The van der Waals surface area contributed by atoms with Crippen LogP contribution in [0.1, 0.15) is 18.9 Å². The minimum atomic E-state index is -1.17. The lowest BCUT2D eigenvalue weighted by atomic mass is 10.0. The number of halogens is 2. The molecular formula is C12H14F2N2O3. The van der Waals surface area contributed by atoms with E-state index in [4.69, 9.17) is 4.74 Å². The molecule has 0 aliphatic carbocycles. The van der Waals surface area contributed by atoms with Crippen LogP contribution in [0.3, 0.4) is 0 Å². The van der Waals surface area contributed by atoms with Crippen LogP contribution in [0.25, 0.3) is 0 Å². The van der Waals surface area contributed by atoms with Gasteiger partial charge >= 0.3 is 5.69 Å². The molecule has 1 aliphatic rings. The van der Waals surface area contributed by atoms with Gasteiger partial charge in [0.15, 0.2) is 0 Å². The number of hydrogen-bond donors (Lipinski definition) is 1. The smallest absolute Gasteiger partial charge is 0.305 e. The van der Waals surface area contributed by atoms with Gasteiger partial charge in [-0.2, -0.15) is 4.39 Å². The summed E-state index contributed by atoms with van der Waals surface area (Å²) in [4.78, 5) is 9.75. The molecule has 104 valence electrons. The third kappa shape index (κ3) is 3.05. The van der Waals surface area contributed by atoms with Crippen molar-refractivity contribution in [1.82, 2.24) is 5.32 Å². The fourth-order valence-electron chi connectivity index (χ4n) is 1.97. The Kier molecular flexibility index (Phi) is 3.77. The summed E-state index contributed by atoms with van der Waals surface area (Å²) >= 11 is 0. The molecule has 7 heteroatoms. The number of nitrogens with zero attached hydrogens (tertiary/aromatic N) is 1. The predicted octanol–water partition coefficient (Wildman–Crippen LogP) is 2.14. The average Bonchev–Trinajstić information content (AvgIpc) is 2.75. The Hall–Kier alpha value is -1.60. The number of nitrogens with one attached hydrogen (secondary N) is 1. The molecule has 0 aromatic heterocycles. The summed E-state index contributed by atoms with van der Waals surface area (Å²) in [5.74, 6) is -1.96. The van der Waals surface area contributed by atoms with Gasteiger partial charge in [0.2, 0.25) is 5.82 Å². The van der Waals surface area contributed by atoms with Gasteiger partial charge in [0.05, 0.1) is 11.5 Å². The Morgan fingerprint density at radius 1 is 1.47 bits per heavy atom. The van der Waals surface area contributed by atoms with Gasteiger partial charge in [0.25, 0.3) is 0 Å².